The molecule has 0 amide bonds. The van der Waals surface area contributed by atoms with Gasteiger partial charge in [0.1, 0.15) is 5.82 Å². The number of hydrogen-bond donors (Lipinski definition) is 1. The first kappa shape index (κ1) is 17.8. The van der Waals surface area contributed by atoms with Crippen molar-refractivity contribution in [3.63, 3.8) is 0 Å². The third-order valence-electron chi connectivity index (χ3n) is 3.96. The second kappa shape index (κ2) is 6.69. The molecule has 0 heterocycles. The summed E-state index contributed by atoms with van der Waals surface area (Å²) < 4.78 is 20.5. The standard InChI is InChI=1S/C15H24BrFO2Si/c1-15(2,3)20(4,5)19-13(9-10-18)11-7-6-8-12(17)14(11)16/h6-8,13,18H,9-10H2,1-5H3. The van der Waals surface area contributed by atoms with Crippen molar-refractivity contribution in [2.45, 2.75) is 51.4 Å². The Kier molecular flexibility index (Phi) is 5.96. The molecule has 2 nitrogen and oxygen atoms in total. The molecule has 0 bridgehead atoms. The van der Waals surface area contributed by atoms with Gasteiger partial charge < -0.3 is 9.53 Å². The normalized spacial score (nSPS) is 14.4. The topological polar surface area (TPSA) is 29.5 Å². The van der Waals surface area contributed by atoms with Crippen LogP contribution in [0.5, 0.6) is 0 Å². The van der Waals surface area contributed by atoms with E-state index in [0.29, 0.717) is 10.9 Å². The highest BCUT2D eigenvalue weighted by atomic mass is 79.9. The highest BCUT2D eigenvalue weighted by molar-refractivity contribution is 9.10. The number of hydrogen-bond acceptors (Lipinski definition) is 2. The Morgan fingerprint density at radius 2 is 1.95 bits per heavy atom. The largest absolute Gasteiger partial charge is 0.410 e. The average molecular weight is 363 g/mol. The summed E-state index contributed by atoms with van der Waals surface area (Å²) in [6, 6.07) is 4.94. The molecule has 1 N–H and O–H groups in total. The van der Waals surface area contributed by atoms with E-state index < -0.39 is 8.32 Å². The Hall–Kier alpha value is -0.233. The molecule has 0 aliphatic heterocycles. The van der Waals surface area contributed by atoms with Gasteiger partial charge in [-0.05, 0) is 52.1 Å². The Morgan fingerprint density at radius 1 is 1.35 bits per heavy atom. The van der Waals surface area contributed by atoms with Crippen molar-refractivity contribution in [2.24, 2.45) is 0 Å². The molecule has 20 heavy (non-hydrogen) atoms. The number of aliphatic hydroxyl groups is 1. The molecule has 0 aliphatic carbocycles. The van der Waals surface area contributed by atoms with Crippen LogP contribution in [-0.2, 0) is 4.43 Å². The lowest BCUT2D eigenvalue weighted by molar-refractivity contribution is 0.140. The van der Waals surface area contributed by atoms with Gasteiger partial charge in [-0.25, -0.2) is 4.39 Å². The molecule has 1 unspecified atom stereocenters. The summed E-state index contributed by atoms with van der Waals surface area (Å²) in [5.41, 5.74) is 0.767. The maximum atomic E-state index is 13.7. The Balaban J connectivity index is 3.10. The molecule has 5 heteroatoms. The maximum absolute atomic E-state index is 13.7. The highest BCUT2D eigenvalue weighted by Crippen LogP contribution is 2.41. The van der Waals surface area contributed by atoms with Crippen LogP contribution in [0, 0.1) is 5.82 Å². The minimum absolute atomic E-state index is 0.0161. The fraction of sp³-hybridized carbons (Fsp3) is 0.600. The molecule has 0 saturated carbocycles. The predicted octanol–water partition coefficient (Wildman–Crippen LogP) is 5.03. The van der Waals surface area contributed by atoms with E-state index in [9.17, 15) is 9.50 Å². The molecular weight excluding hydrogens is 339 g/mol. The summed E-state index contributed by atoms with van der Waals surface area (Å²) in [7, 11) is -1.98. The van der Waals surface area contributed by atoms with Gasteiger partial charge in [0.25, 0.3) is 0 Å². The fourth-order valence-corrected chi connectivity index (χ4v) is 3.53. The first-order valence-electron chi connectivity index (χ1n) is 6.82. The van der Waals surface area contributed by atoms with Gasteiger partial charge in [-0.15, -0.1) is 0 Å². The molecule has 0 spiro atoms. The predicted molar refractivity (Wildman–Crippen MR) is 86.8 cm³/mol. The van der Waals surface area contributed by atoms with E-state index in [4.69, 9.17) is 4.43 Å². The molecule has 1 atom stereocenters. The van der Waals surface area contributed by atoms with Crippen molar-refractivity contribution in [3.05, 3.63) is 34.1 Å². The quantitative estimate of drug-likeness (QED) is 0.743. The fourth-order valence-electron chi connectivity index (χ4n) is 1.70. The van der Waals surface area contributed by atoms with Gasteiger partial charge in [-0.3, -0.25) is 0 Å². The SMILES string of the molecule is CC(C)(C)[Si](C)(C)OC(CCO)c1cccc(F)c1Br. The second-order valence-corrected chi connectivity index (χ2v) is 12.1. The summed E-state index contributed by atoms with van der Waals surface area (Å²) in [4.78, 5) is 0. The summed E-state index contributed by atoms with van der Waals surface area (Å²) in [5.74, 6) is -0.302. The maximum Gasteiger partial charge on any atom is 0.192 e. The zero-order chi connectivity index (χ0) is 15.6. The third-order valence-corrected chi connectivity index (χ3v) is 9.29. The molecule has 1 aromatic carbocycles. The number of rotatable bonds is 5. The van der Waals surface area contributed by atoms with Crippen LogP contribution < -0.4 is 0 Å². The molecule has 0 saturated heterocycles. The van der Waals surface area contributed by atoms with E-state index in [1.54, 1.807) is 6.07 Å². The zero-order valence-corrected chi connectivity index (χ0v) is 15.4. The Labute approximate surface area is 130 Å². The van der Waals surface area contributed by atoms with Crippen LogP contribution in [0.2, 0.25) is 18.1 Å². The van der Waals surface area contributed by atoms with Crippen molar-refractivity contribution in [2.75, 3.05) is 6.61 Å². The van der Waals surface area contributed by atoms with Crippen LogP contribution in [0.4, 0.5) is 4.39 Å². The van der Waals surface area contributed by atoms with Crippen molar-refractivity contribution in [1.29, 1.82) is 0 Å². The summed E-state index contributed by atoms with van der Waals surface area (Å²) in [5, 5.41) is 9.35. The van der Waals surface area contributed by atoms with E-state index in [0.717, 1.165) is 5.56 Å². The molecule has 0 aliphatic rings. The van der Waals surface area contributed by atoms with E-state index >= 15 is 0 Å². The van der Waals surface area contributed by atoms with Crippen LogP contribution in [0.15, 0.2) is 22.7 Å². The summed E-state index contributed by atoms with van der Waals surface area (Å²) >= 11 is 3.29. The minimum Gasteiger partial charge on any atom is -0.410 e. The average Bonchev–Trinajstić information content (AvgIpc) is 2.30. The first-order chi connectivity index (χ1) is 9.10. The Bertz CT molecular complexity index is 458. The number of halogens is 2. The van der Waals surface area contributed by atoms with Gasteiger partial charge in [-0.2, -0.15) is 0 Å². The molecule has 114 valence electrons. The monoisotopic (exact) mass is 362 g/mol. The van der Waals surface area contributed by atoms with Gasteiger partial charge in [0.2, 0.25) is 0 Å². The van der Waals surface area contributed by atoms with Crippen molar-refractivity contribution in [1.82, 2.24) is 0 Å². The van der Waals surface area contributed by atoms with Crippen molar-refractivity contribution in [3.8, 4) is 0 Å². The van der Waals surface area contributed by atoms with Gasteiger partial charge in [0, 0.05) is 6.61 Å². The van der Waals surface area contributed by atoms with Crippen LogP contribution >= 0.6 is 15.9 Å². The molecule has 0 radical (unpaired) electrons. The van der Waals surface area contributed by atoms with Crippen LogP contribution in [0.1, 0.15) is 38.9 Å². The molecular formula is C15H24BrFO2Si. The summed E-state index contributed by atoms with van der Waals surface area (Å²) in [6.45, 7) is 10.8. The summed E-state index contributed by atoms with van der Waals surface area (Å²) in [6.07, 6.45) is 0.181. The number of benzene rings is 1. The van der Waals surface area contributed by atoms with Gasteiger partial charge in [0.05, 0.1) is 10.6 Å². The lowest BCUT2D eigenvalue weighted by Crippen LogP contribution is -2.42. The van der Waals surface area contributed by atoms with Gasteiger partial charge in [0.15, 0.2) is 8.32 Å². The van der Waals surface area contributed by atoms with Crippen molar-refractivity contribution < 1.29 is 13.9 Å². The van der Waals surface area contributed by atoms with E-state index in [1.165, 1.54) is 6.07 Å². The highest BCUT2D eigenvalue weighted by Gasteiger charge is 2.39. The Morgan fingerprint density at radius 3 is 2.45 bits per heavy atom. The third kappa shape index (κ3) is 4.13. The first-order valence-corrected chi connectivity index (χ1v) is 10.5. The minimum atomic E-state index is -1.98. The molecule has 1 rings (SSSR count). The second-order valence-electron chi connectivity index (χ2n) is 6.52. The van der Waals surface area contributed by atoms with Gasteiger partial charge in [-0.1, -0.05) is 32.9 Å². The van der Waals surface area contributed by atoms with E-state index in [1.807, 2.05) is 6.07 Å². The van der Waals surface area contributed by atoms with Gasteiger partial charge >= 0.3 is 0 Å². The zero-order valence-electron chi connectivity index (χ0n) is 12.8. The van der Waals surface area contributed by atoms with Crippen LogP contribution in [-0.4, -0.2) is 20.0 Å². The van der Waals surface area contributed by atoms with Crippen molar-refractivity contribution >= 4 is 24.2 Å². The molecule has 0 aromatic heterocycles. The lowest BCUT2D eigenvalue weighted by Gasteiger charge is -2.39. The molecule has 0 fully saturated rings. The van der Waals surface area contributed by atoms with E-state index in [-0.39, 0.29) is 23.6 Å². The van der Waals surface area contributed by atoms with Crippen LogP contribution in [0.25, 0.3) is 0 Å². The molecule has 1 aromatic rings. The van der Waals surface area contributed by atoms with E-state index in [2.05, 4.69) is 49.8 Å². The lowest BCUT2D eigenvalue weighted by atomic mass is 10.1. The van der Waals surface area contributed by atoms with Crippen LogP contribution in [0.3, 0.4) is 0 Å². The number of aliphatic hydroxyl groups excluding tert-OH is 1. The smallest absolute Gasteiger partial charge is 0.192 e.